The Morgan fingerprint density at radius 2 is 1.50 bits per heavy atom. The fraction of sp³-hybridized carbons (Fsp3) is 0.240. The summed E-state index contributed by atoms with van der Waals surface area (Å²) in [4.78, 5) is 17.2. The van der Waals surface area contributed by atoms with Crippen LogP contribution in [0.15, 0.2) is 78.9 Å². The zero-order chi connectivity index (χ0) is 20.9. The summed E-state index contributed by atoms with van der Waals surface area (Å²) in [5.41, 5.74) is 3.51. The van der Waals surface area contributed by atoms with Gasteiger partial charge in [-0.15, -0.1) is 0 Å². The van der Waals surface area contributed by atoms with E-state index >= 15 is 0 Å². The van der Waals surface area contributed by atoms with Crippen molar-refractivity contribution < 1.29 is 9.18 Å². The Bertz CT molecular complexity index is 1000. The lowest BCUT2D eigenvalue weighted by molar-refractivity contribution is -0.120. The maximum Gasteiger partial charge on any atom is 0.241 e. The van der Waals surface area contributed by atoms with Gasteiger partial charge in [-0.3, -0.25) is 9.69 Å². The number of rotatable bonds is 5. The van der Waals surface area contributed by atoms with E-state index in [0.717, 1.165) is 16.8 Å². The van der Waals surface area contributed by atoms with E-state index in [9.17, 15) is 9.18 Å². The number of piperazine rings is 1. The first-order valence-electron chi connectivity index (χ1n) is 10.3. The minimum Gasteiger partial charge on any atom is -0.367 e. The van der Waals surface area contributed by atoms with Crippen LogP contribution in [0.3, 0.4) is 0 Å². The third kappa shape index (κ3) is 4.36. The third-order valence-corrected chi connectivity index (χ3v) is 5.70. The summed E-state index contributed by atoms with van der Waals surface area (Å²) in [6.45, 7) is 4.74. The van der Waals surface area contributed by atoms with Crippen molar-refractivity contribution in [3.8, 4) is 11.1 Å². The Labute approximate surface area is 176 Å². The fourth-order valence-electron chi connectivity index (χ4n) is 3.92. The number of hydrogen-bond donors (Lipinski definition) is 1. The van der Waals surface area contributed by atoms with Crippen molar-refractivity contribution in [2.45, 2.75) is 13.0 Å². The molecule has 1 heterocycles. The first kappa shape index (κ1) is 20.1. The van der Waals surface area contributed by atoms with Crippen LogP contribution in [0.5, 0.6) is 0 Å². The van der Waals surface area contributed by atoms with Crippen LogP contribution < -0.4 is 10.2 Å². The second-order valence-corrected chi connectivity index (χ2v) is 7.55. The average Bonchev–Trinajstić information content (AvgIpc) is 2.80. The molecule has 0 aromatic heterocycles. The zero-order valence-corrected chi connectivity index (χ0v) is 17.1. The van der Waals surface area contributed by atoms with Gasteiger partial charge in [0.05, 0.1) is 11.7 Å². The van der Waals surface area contributed by atoms with Gasteiger partial charge in [0, 0.05) is 37.4 Å². The van der Waals surface area contributed by atoms with E-state index in [0.29, 0.717) is 31.9 Å². The molecule has 4 nitrogen and oxygen atoms in total. The Balaban J connectivity index is 1.40. The number of anilines is 2. The lowest BCUT2D eigenvalue weighted by atomic mass is 10.0. The van der Waals surface area contributed by atoms with Crippen LogP contribution in [0.2, 0.25) is 0 Å². The van der Waals surface area contributed by atoms with Crippen LogP contribution in [0.4, 0.5) is 15.8 Å². The van der Waals surface area contributed by atoms with E-state index in [1.807, 2.05) is 78.6 Å². The molecule has 0 unspecified atom stereocenters. The summed E-state index contributed by atoms with van der Waals surface area (Å²) in [7, 11) is 0. The van der Waals surface area contributed by atoms with Gasteiger partial charge in [-0.05, 0) is 30.7 Å². The normalized spacial score (nSPS) is 15.6. The van der Waals surface area contributed by atoms with Gasteiger partial charge in [-0.1, -0.05) is 60.7 Å². The highest BCUT2D eigenvalue weighted by Crippen LogP contribution is 2.28. The summed E-state index contributed by atoms with van der Waals surface area (Å²) in [5.74, 6) is -0.230. The van der Waals surface area contributed by atoms with Crippen LogP contribution in [-0.2, 0) is 4.79 Å². The van der Waals surface area contributed by atoms with Crippen molar-refractivity contribution in [2.75, 3.05) is 36.4 Å². The van der Waals surface area contributed by atoms with Gasteiger partial charge in [0.1, 0.15) is 5.82 Å². The smallest absolute Gasteiger partial charge is 0.241 e. The Morgan fingerprint density at radius 3 is 2.23 bits per heavy atom. The highest BCUT2D eigenvalue weighted by molar-refractivity contribution is 5.98. The lowest BCUT2D eigenvalue weighted by Crippen LogP contribution is -2.53. The molecular weight excluding hydrogens is 377 g/mol. The number of hydrogen-bond acceptors (Lipinski definition) is 3. The quantitative estimate of drug-likeness (QED) is 0.674. The maximum absolute atomic E-state index is 14.1. The number of amides is 1. The molecular formula is C25H26FN3O. The second-order valence-electron chi connectivity index (χ2n) is 7.55. The van der Waals surface area contributed by atoms with Crippen LogP contribution >= 0.6 is 0 Å². The molecule has 1 aliphatic rings. The zero-order valence-electron chi connectivity index (χ0n) is 17.1. The van der Waals surface area contributed by atoms with Crippen LogP contribution in [0.1, 0.15) is 6.92 Å². The molecule has 4 rings (SSSR count). The van der Waals surface area contributed by atoms with Crippen LogP contribution in [0, 0.1) is 5.82 Å². The molecule has 0 bridgehead atoms. The van der Waals surface area contributed by atoms with Crippen molar-refractivity contribution in [3.63, 3.8) is 0 Å². The van der Waals surface area contributed by atoms with Crippen molar-refractivity contribution in [1.82, 2.24) is 4.90 Å². The number of carbonyl (C=O) groups excluding carboxylic acids is 1. The predicted molar refractivity (Wildman–Crippen MR) is 120 cm³/mol. The molecule has 1 saturated heterocycles. The van der Waals surface area contributed by atoms with E-state index < -0.39 is 0 Å². The van der Waals surface area contributed by atoms with Gasteiger partial charge >= 0.3 is 0 Å². The molecule has 154 valence electrons. The monoisotopic (exact) mass is 403 g/mol. The summed E-state index contributed by atoms with van der Waals surface area (Å²) < 4.78 is 14.1. The summed E-state index contributed by atoms with van der Waals surface area (Å²) in [6, 6.07) is 24.5. The van der Waals surface area contributed by atoms with Gasteiger partial charge in [-0.25, -0.2) is 4.39 Å². The van der Waals surface area contributed by atoms with E-state index in [1.165, 1.54) is 6.07 Å². The summed E-state index contributed by atoms with van der Waals surface area (Å²) in [5, 5.41) is 3.10. The van der Waals surface area contributed by atoms with Gasteiger partial charge in [0.25, 0.3) is 0 Å². The van der Waals surface area contributed by atoms with Crippen LogP contribution in [0.25, 0.3) is 11.1 Å². The molecule has 0 radical (unpaired) electrons. The first-order chi connectivity index (χ1) is 14.6. The van der Waals surface area contributed by atoms with Gasteiger partial charge in [0.2, 0.25) is 5.91 Å². The molecule has 1 aliphatic heterocycles. The lowest BCUT2D eigenvalue weighted by Gasteiger charge is -2.38. The topological polar surface area (TPSA) is 35.6 Å². The third-order valence-electron chi connectivity index (χ3n) is 5.70. The number of carbonyl (C=O) groups is 1. The fourth-order valence-corrected chi connectivity index (χ4v) is 3.92. The average molecular weight is 404 g/mol. The van der Waals surface area contributed by atoms with Gasteiger partial charge in [0.15, 0.2) is 0 Å². The molecule has 30 heavy (non-hydrogen) atoms. The highest BCUT2D eigenvalue weighted by atomic mass is 19.1. The van der Waals surface area contributed by atoms with Gasteiger partial charge < -0.3 is 10.2 Å². The Morgan fingerprint density at radius 1 is 0.867 bits per heavy atom. The number of nitrogens with one attached hydrogen (secondary N) is 1. The Hall–Kier alpha value is -3.18. The van der Waals surface area contributed by atoms with Gasteiger partial charge in [-0.2, -0.15) is 0 Å². The van der Waals surface area contributed by atoms with E-state index in [-0.39, 0.29) is 17.8 Å². The molecule has 3 aromatic rings. The SMILES string of the molecule is C[C@@H](C(=O)Nc1ccccc1-c1ccccc1)N1CCN(c2ccccc2F)CC1. The molecule has 0 aliphatic carbocycles. The number of benzene rings is 3. The first-order valence-corrected chi connectivity index (χ1v) is 10.3. The molecule has 3 aromatic carbocycles. The van der Waals surface area contributed by atoms with E-state index in [2.05, 4.69) is 10.2 Å². The standard InChI is InChI=1S/C25H26FN3O/c1-19(28-15-17-29(18-16-28)24-14-8-6-12-22(24)26)25(30)27-23-13-7-5-11-21(23)20-9-3-2-4-10-20/h2-14,19H,15-18H2,1H3,(H,27,30)/t19-/m0/s1. The molecule has 5 heteroatoms. The molecule has 1 atom stereocenters. The maximum atomic E-state index is 14.1. The molecule has 1 amide bonds. The number of para-hydroxylation sites is 2. The van der Waals surface area contributed by atoms with Crippen molar-refractivity contribution in [3.05, 3.63) is 84.7 Å². The minimum atomic E-state index is -0.267. The largest absolute Gasteiger partial charge is 0.367 e. The van der Waals surface area contributed by atoms with Crippen LogP contribution in [-0.4, -0.2) is 43.0 Å². The van der Waals surface area contributed by atoms with E-state index in [4.69, 9.17) is 0 Å². The second kappa shape index (κ2) is 9.09. The van der Waals surface area contributed by atoms with Crippen molar-refractivity contribution in [1.29, 1.82) is 0 Å². The molecule has 1 N–H and O–H groups in total. The van der Waals surface area contributed by atoms with Crippen molar-refractivity contribution >= 4 is 17.3 Å². The van der Waals surface area contributed by atoms with Crippen molar-refractivity contribution in [2.24, 2.45) is 0 Å². The number of nitrogens with zero attached hydrogens (tertiary/aromatic N) is 2. The van der Waals surface area contributed by atoms with E-state index in [1.54, 1.807) is 6.07 Å². The number of halogens is 1. The molecule has 0 saturated carbocycles. The summed E-state index contributed by atoms with van der Waals surface area (Å²) >= 11 is 0. The molecule has 1 fully saturated rings. The Kier molecular flexibility index (Phi) is 6.10. The highest BCUT2D eigenvalue weighted by Gasteiger charge is 2.27. The predicted octanol–water partition coefficient (Wildman–Crippen LogP) is 4.64. The molecule has 0 spiro atoms. The minimum absolute atomic E-state index is 0.0299. The summed E-state index contributed by atoms with van der Waals surface area (Å²) in [6.07, 6.45) is 0.